The van der Waals surface area contributed by atoms with Crippen LogP contribution in [0.5, 0.6) is 0 Å². The van der Waals surface area contributed by atoms with Crippen LogP contribution < -0.4 is 5.32 Å². The third-order valence-corrected chi connectivity index (χ3v) is 7.22. The molecule has 0 radical (unpaired) electrons. The molecule has 6 rings (SSSR count). The molecule has 3 atom stereocenters. The quantitative estimate of drug-likeness (QED) is 0.553. The van der Waals surface area contributed by atoms with Crippen molar-refractivity contribution in [2.45, 2.75) is 24.8 Å². The Morgan fingerprint density at radius 3 is 2.32 bits per heavy atom. The Bertz CT molecular complexity index is 1060. The summed E-state index contributed by atoms with van der Waals surface area (Å²) in [7, 11) is 0. The van der Waals surface area contributed by atoms with Crippen LogP contribution >= 0.6 is 0 Å². The predicted octanol–water partition coefficient (Wildman–Crippen LogP) is 2.86. The number of carbonyl (C=O) groups is 3. The summed E-state index contributed by atoms with van der Waals surface area (Å²) in [5, 5.41) is 11.9. The van der Waals surface area contributed by atoms with E-state index < -0.39 is 18.0 Å². The van der Waals surface area contributed by atoms with Crippen molar-refractivity contribution < 1.29 is 29.0 Å². The fourth-order valence-electron chi connectivity index (χ4n) is 5.55. The predicted molar refractivity (Wildman–Crippen MR) is 123 cm³/mol. The largest absolute Gasteiger partial charge is 0.481 e. The van der Waals surface area contributed by atoms with E-state index in [1.807, 2.05) is 24.3 Å². The van der Waals surface area contributed by atoms with Gasteiger partial charge >= 0.3 is 12.1 Å². The minimum absolute atomic E-state index is 0.0118. The number of hydrogen-bond donors (Lipinski definition) is 2. The van der Waals surface area contributed by atoms with Crippen LogP contribution in [-0.2, 0) is 19.1 Å². The Morgan fingerprint density at radius 2 is 1.68 bits per heavy atom. The van der Waals surface area contributed by atoms with Crippen LogP contribution in [0.4, 0.5) is 4.79 Å². The van der Waals surface area contributed by atoms with Gasteiger partial charge in [0.25, 0.3) is 0 Å². The van der Waals surface area contributed by atoms with Crippen molar-refractivity contribution in [1.29, 1.82) is 0 Å². The minimum atomic E-state index is -0.813. The van der Waals surface area contributed by atoms with Crippen LogP contribution in [0.2, 0.25) is 0 Å². The van der Waals surface area contributed by atoms with Crippen molar-refractivity contribution in [2.24, 2.45) is 11.8 Å². The topological polar surface area (TPSA) is 105 Å². The smallest absolute Gasteiger partial charge is 0.407 e. The van der Waals surface area contributed by atoms with Crippen LogP contribution in [0.3, 0.4) is 0 Å². The zero-order valence-electron chi connectivity index (χ0n) is 18.8. The highest BCUT2D eigenvalue weighted by Crippen LogP contribution is 2.46. The van der Waals surface area contributed by atoms with Gasteiger partial charge in [-0.1, -0.05) is 48.5 Å². The number of carboxylic acids is 1. The van der Waals surface area contributed by atoms with Gasteiger partial charge in [-0.15, -0.1) is 0 Å². The molecule has 4 aliphatic rings. The zero-order valence-corrected chi connectivity index (χ0v) is 18.8. The van der Waals surface area contributed by atoms with Gasteiger partial charge in [0.2, 0.25) is 5.91 Å². The van der Waals surface area contributed by atoms with Gasteiger partial charge in [0.1, 0.15) is 6.61 Å². The molecule has 2 aliphatic carbocycles. The SMILES string of the molecule is O=C(NCCOCCC(=O)N1CC2CC1C2C(=O)O)OCC1c2ccccc2-c2ccccc21. The summed E-state index contributed by atoms with van der Waals surface area (Å²) in [4.78, 5) is 37.4. The Morgan fingerprint density at radius 1 is 1.00 bits per heavy atom. The summed E-state index contributed by atoms with van der Waals surface area (Å²) in [5.74, 6) is -1.19. The Hall–Kier alpha value is -3.39. The number of ether oxygens (including phenoxy) is 2. The maximum Gasteiger partial charge on any atom is 0.407 e. The summed E-state index contributed by atoms with van der Waals surface area (Å²) < 4.78 is 11.0. The first-order valence-corrected chi connectivity index (χ1v) is 11.7. The van der Waals surface area contributed by atoms with E-state index in [1.54, 1.807) is 4.90 Å². The fourth-order valence-corrected chi connectivity index (χ4v) is 5.55. The Kier molecular flexibility index (Phi) is 6.24. The molecule has 2 N–H and O–H groups in total. The first-order valence-electron chi connectivity index (χ1n) is 11.7. The number of benzene rings is 2. The third-order valence-electron chi connectivity index (χ3n) is 7.22. The molecular formula is C26H28N2O6. The number of amides is 2. The summed E-state index contributed by atoms with van der Waals surface area (Å²) in [5.41, 5.74) is 4.68. The molecule has 2 aliphatic heterocycles. The van der Waals surface area contributed by atoms with Gasteiger partial charge in [-0.25, -0.2) is 4.79 Å². The number of nitrogens with one attached hydrogen (secondary N) is 1. The number of rotatable bonds is 9. The summed E-state index contributed by atoms with van der Waals surface area (Å²) in [6.07, 6.45) is 0.492. The molecule has 8 nitrogen and oxygen atoms in total. The molecular weight excluding hydrogens is 436 g/mol. The molecule has 3 unspecified atom stereocenters. The van der Waals surface area contributed by atoms with Crippen LogP contribution in [0.15, 0.2) is 48.5 Å². The molecule has 0 aromatic heterocycles. The second-order valence-corrected chi connectivity index (χ2v) is 9.09. The third kappa shape index (κ3) is 4.14. The summed E-state index contributed by atoms with van der Waals surface area (Å²) in [6, 6.07) is 16.2. The van der Waals surface area contributed by atoms with Crippen molar-refractivity contribution in [3.63, 3.8) is 0 Å². The standard InChI is InChI=1S/C26H28N2O6/c29-23(28-14-16-13-22(28)24(16)25(30)31)9-11-33-12-10-27-26(32)34-15-21-19-7-3-1-5-17(19)18-6-2-4-8-20(18)21/h1-8,16,21-22,24H,9-15H2,(H,27,32)(H,30,31). The van der Waals surface area contributed by atoms with Crippen LogP contribution in [-0.4, -0.2) is 66.9 Å². The highest BCUT2D eigenvalue weighted by Gasteiger charge is 2.56. The molecule has 2 aromatic carbocycles. The van der Waals surface area contributed by atoms with Crippen LogP contribution in [0, 0.1) is 11.8 Å². The fraction of sp³-hybridized carbons (Fsp3) is 0.423. The Labute approximate surface area is 197 Å². The first-order chi connectivity index (χ1) is 16.5. The van der Waals surface area contributed by atoms with E-state index in [0.717, 1.165) is 17.5 Å². The molecule has 3 fully saturated rings. The van der Waals surface area contributed by atoms with Crippen LogP contribution in [0.25, 0.3) is 11.1 Å². The van der Waals surface area contributed by atoms with Crippen molar-refractivity contribution in [2.75, 3.05) is 32.9 Å². The number of nitrogens with zero attached hydrogens (tertiary/aromatic N) is 1. The Balaban J connectivity index is 0.996. The van der Waals surface area contributed by atoms with E-state index in [1.165, 1.54) is 11.1 Å². The molecule has 2 amide bonds. The van der Waals surface area contributed by atoms with Gasteiger partial charge in [-0.2, -0.15) is 0 Å². The van der Waals surface area contributed by atoms with Crippen molar-refractivity contribution in [3.05, 3.63) is 59.7 Å². The van der Waals surface area contributed by atoms with Gasteiger partial charge in [-0.05, 0) is 34.6 Å². The minimum Gasteiger partial charge on any atom is -0.481 e. The molecule has 2 bridgehead atoms. The highest BCUT2D eigenvalue weighted by atomic mass is 16.5. The first kappa shape index (κ1) is 22.4. The molecule has 8 heteroatoms. The van der Waals surface area contributed by atoms with Gasteiger partial charge < -0.3 is 24.8 Å². The lowest BCUT2D eigenvalue weighted by atomic mass is 9.74. The van der Waals surface area contributed by atoms with Crippen LogP contribution in [0.1, 0.15) is 29.9 Å². The second-order valence-electron chi connectivity index (χ2n) is 9.09. The molecule has 2 heterocycles. The van der Waals surface area contributed by atoms with Crippen molar-refractivity contribution >= 4 is 18.0 Å². The highest BCUT2D eigenvalue weighted by molar-refractivity contribution is 5.81. The maximum atomic E-state index is 12.3. The molecule has 178 valence electrons. The van der Waals surface area contributed by atoms with Gasteiger partial charge in [0.15, 0.2) is 0 Å². The summed E-state index contributed by atoms with van der Waals surface area (Å²) >= 11 is 0. The molecule has 0 spiro atoms. The lowest BCUT2D eigenvalue weighted by Gasteiger charge is -2.33. The van der Waals surface area contributed by atoms with Crippen molar-refractivity contribution in [1.82, 2.24) is 10.2 Å². The second kappa shape index (κ2) is 9.46. The van der Waals surface area contributed by atoms with E-state index >= 15 is 0 Å². The average molecular weight is 465 g/mol. The molecule has 1 saturated carbocycles. The van der Waals surface area contributed by atoms with E-state index in [-0.39, 0.29) is 56.6 Å². The number of carbonyl (C=O) groups excluding carboxylic acids is 2. The molecule has 2 aromatic rings. The van der Waals surface area contributed by atoms with Gasteiger partial charge in [0, 0.05) is 25.0 Å². The van der Waals surface area contributed by atoms with E-state index in [2.05, 4.69) is 29.6 Å². The average Bonchev–Trinajstić information content (AvgIpc) is 3.50. The molecule has 34 heavy (non-hydrogen) atoms. The maximum absolute atomic E-state index is 12.3. The number of fused-ring (bicyclic) bond motifs is 4. The monoisotopic (exact) mass is 464 g/mol. The van der Waals surface area contributed by atoms with E-state index in [0.29, 0.717) is 6.54 Å². The lowest BCUT2D eigenvalue weighted by molar-refractivity contribution is -0.148. The van der Waals surface area contributed by atoms with E-state index in [9.17, 15) is 19.5 Å². The number of alkyl carbamates (subject to hydrolysis) is 1. The molecule has 2 saturated heterocycles. The number of hydrogen-bond acceptors (Lipinski definition) is 5. The van der Waals surface area contributed by atoms with E-state index in [4.69, 9.17) is 9.47 Å². The number of carboxylic acid groups (broad SMARTS) is 1. The number of aliphatic carboxylic acids is 1. The zero-order chi connectivity index (χ0) is 23.7. The lowest BCUT2D eigenvalue weighted by Crippen LogP contribution is -2.45. The normalized spacial score (nSPS) is 22.0. The summed E-state index contributed by atoms with van der Waals surface area (Å²) in [6.45, 7) is 1.56. The van der Waals surface area contributed by atoms with Crippen molar-refractivity contribution in [3.8, 4) is 11.1 Å². The van der Waals surface area contributed by atoms with Gasteiger partial charge in [-0.3, -0.25) is 9.59 Å². The van der Waals surface area contributed by atoms with Gasteiger partial charge in [0.05, 0.1) is 25.6 Å².